The van der Waals surface area contributed by atoms with E-state index in [1.807, 2.05) is 0 Å². The van der Waals surface area contributed by atoms with Crippen molar-refractivity contribution in [3.8, 4) is 5.69 Å². The first-order chi connectivity index (χ1) is 17.5. The molecule has 0 saturated carbocycles. The van der Waals surface area contributed by atoms with Crippen LogP contribution in [0.15, 0.2) is 36.7 Å². The van der Waals surface area contributed by atoms with Crippen LogP contribution in [0.1, 0.15) is 52.2 Å². The van der Waals surface area contributed by atoms with Crippen LogP contribution in [0.25, 0.3) is 5.69 Å². The smallest absolute Gasteiger partial charge is 0.273 e. The van der Waals surface area contributed by atoms with Crippen molar-refractivity contribution in [1.29, 1.82) is 0 Å². The lowest BCUT2D eigenvalue weighted by Crippen LogP contribution is -2.31. The second-order valence-corrected chi connectivity index (χ2v) is 9.07. The molecule has 1 unspecified atom stereocenters. The minimum atomic E-state index is -0.458. The summed E-state index contributed by atoms with van der Waals surface area (Å²) >= 11 is 0. The lowest BCUT2D eigenvalue weighted by Gasteiger charge is -2.18. The molecule has 188 valence electrons. The highest BCUT2D eigenvalue weighted by molar-refractivity contribution is 6.05. The van der Waals surface area contributed by atoms with E-state index in [2.05, 4.69) is 30.8 Å². The Kier molecular flexibility index (Phi) is 6.90. The number of carbonyl (C=O) groups is 2. The minimum Gasteiger partial charge on any atom is -0.376 e. The second kappa shape index (κ2) is 10.4. The number of pyridine rings is 1. The van der Waals surface area contributed by atoms with E-state index in [4.69, 9.17) is 4.74 Å². The van der Waals surface area contributed by atoms with Crippen molar-refractivity contribution >= 4 is 23.2 Å². The highest BCUT2D eigenvalue weighted by Gasteiger charge is 2.20. The van der Waals surface area contributed by atoms with Crippen LogP contribution < -0.4 is 15.5 Å². The number of amides is 2. The van der Waals surface area contributed by atoms with Gasteiger partial charge in [-0.25, -0.2) is 9.07 Å². The van der Waals surface area contributed by atoms with Gasteiger partial charge in [-0.15, -0.1) is 5.10 Å². The summed E-state index contributed by atoms with van der Waals surface area (Å²) in [5.74, 6) is -1.24. The largest absolute Gasteiger partial charge is 0.376 e. The number of nitrogens with one attached hydrogen (secondary N) is 2. The zero-order chi connectivity index (χ0) is 25.1. The van der Waals surface area contributed by atoms with Gasteiger partial charge >= 0.3 is 0 Å². The molecular weight excluding hydrogens is 465 g/mol. The first kappa shape index (κ1) is 23.9. The van der Waals surface area contributed by atoms with E-state index in [-0.39, 0.29) is 23.3 Å². The van der Waals surface area contributed by atoms with E-state index in [1.165, 1.54) is 29.2 Å². The molecule has 2 aromatic heterocycles. The maximum absolute atomic E-state index is 14.3. The molecule has 2 amide bonds. The highest BCUT2D eigenvalue weighted by Crippen LogP contribution is 2.24. The molecule has 0 aliphatic carbocycles. The fourth-order valence-corrected chi connectivity index (χ4v) is 4.48. The van der Waals surface area contributed by atoms with Gasteiger partial charge in [0.1, 0.15) is 5.82 Å². The monoisotopic (exact) mass is 493 g/mol. The van der Waals surface area contributed by atoms with Gasteiger partial charge in [0.05, 0.1) is 35.6 Å². The Hall–Kier alpha value is -3.86. The molecule has 0 radical (unpaired) electrons. The first-order valence-corrected chi connectivity index (χ1v) is 12.1. The molecule has 0 bridgehead atoms. The molecule has 2 aliphatic rings. The number of halogens is 1. The van der Waals surface area contributed by atoms with Gasteiger partial charge < -0.3 is 20.3 Å². The maximum atomic E-state index is 14.3. The van der Waals surface area contributed by atoms with Crippen LogP contribution in [0.3, 0.4) is 0 Å². The Morgan fingerprint density at radius 1 is 1.14 bits per heavy atom. The number of rotatable bonds is 7. The lowest BCUT2D eigenvalue weighted by molar-refractivity contribution is 0.0853. The Balaban J connectivity index is 1.29. The van der Waals surface area contributed by atoms with E-state index in [0.717, 1.165) is 38.8 Å². The summed E-state index contributed by atoms with van der Waals surface area (Å²) in [5.41, 5.74) is 2.68. The summed E-state index contributed by atoms with van der Waals surface area (Å²) in [6.07, 6.45) is 7.08. The average Bonchev–Trinajstić information content (AvgIpc) is 3.66. The van der Waals surface area contributed by atoms with Crippen LogP contribution in [0.4, 0.5) is 15.8 Å². The number of aromatic nitrogens is 4. The standard InChI is InChI=1S/C25H28FN7O3/c1-16-23(33-15-22(30-31-33)25(35)28-14-21-5-4-8-36-21)12-19(13-27-16)29-24(34)17-9-18(26)11-20(10-17)32-6-2-3-7-32/h9-13,15,21H,2-8,14H2,1H3,(H,28,35)(H,29,34). The topological polar surface area (TPSA) is 114 Å². The number of carbonyl (C=O) groups excluding carboxylic acids is 2. The molecule has 2 saturated heterocycles. The van der Waals surface area contributed by atoms with Crippen LogP contribution in [-0.4, -0.2) is 64.1 Å². The molecular formula is C25H28FN7O3. The summed E-state index contributed by atoms with van der Waals surface area (Å²) in [6.45, 7) is 4.63. The molecule has 1 atom stereocenters. The van der Waals surface area contributed by atoms with Gasteiger partial charge in [-0.2, -0.15) is 0 Å². The number of aryl methyl sites for hydroxylation is 1. The Morgan fingerprint density at radius 3 is 2.75 bits per heavy atom. The molecule has 2 fully saturated rings. The van der Waals surface area contributed by atoms with Gasteiger partial charge in [0.25, 0.3) is 11.8 Å². The van der Waals surface area contributed by atoms with Crippen LogP contribution in [-0.2, 0) is 4.74 Å². The first-order valence-electron chi connectivity index (χ1n) is 12.1. The third-order valence-corrected chi connectivity index (χ3v) is 6.42. The Labute approximate surface area is 207 Å². The maximum Gasteiger partial charge on any atom is 0.273 e. The predicted octanol–water partition coefficient (Wildman–Crippen LogP) is 2.87. The summed E-state index contributed by atoms with van der Waals surface area (Å²) in [5, 5.41) is 13.6. The van der Waals surface area contributed by atoms with Gasteiger partial charge in [-0.05, 0) is 56.9 Å². The van der Waals surface area contributed by atoms with E-state index in [9.17, 15) is 14.0 Å². The van der Waals surface area contributed by atoms with Gasteiger partial charge in [-0.1, -0.05) is 5.21 Å². The van der Waals surface area contributed by atoms with E-state index in [1.54, 1.807) is 19.1 Å². The van der Waals surface area contributed by atoms with Crippen molar-refractivity contribution < 1.29 is 18.7 Å². The fraction of sp³-hybridized carbons (Fsp3) is 0.400. The third kappa shape index (κ3) is 5.35. The Morgan fingerprint density at radius 2 is 1.97 bits per heavy atom. The minimum absolute atomic E-state index is 0.0280. The van der Waals surface area contributed by atoms with E-state index < -0.39 is 11.7 Å². The zero-order valence-electron chi connectivity index (χ0n) is 20.0. The average molecular weight is 494 g/mol. The third-order valence-electron chi connectivity index (χ3n) is 6.42. The molecule has 3 aromatic rings. The van der Waals surface area contributed by atoms with Crippen molar-refractivity contribution in [1.82, 2.24) is 25.3 Å². The van der Waals surface area contributed by atoms with Crippen LogP contribution in [0, 0.1) is 12.7 Å². The summed E-state index contributed by atoms with van der Waals surface area (Å²) in [6, 6.07) is 6.05. The van der Waals surface area contributed by atoms with Crippen LogP contribution in [0.5, 0.6) is 0 Å². The predicted molar refractivity (Wildman–Crippen MR) is 131 cm³/mol. The normalized spacial score (nSPS) is 17.4. The molecule has 10 nitrogen and oxygen atoms in total. The number of nitrogens with zero attached hydrogens (tertiary/aromatic N) is 5. The molecule has 4 heterocycles. The lowest BCUT2D eigenvalue weighted by atomic mass is 10.1. The van der Waals surface area contributed by atoms with Crippen LogP contribution >= 0.6 is 0 Å². The number of ether oxygens (including phenoxy) is 1. The molecule has 2 N–H and O–H groups in total. The van der Waals surface area contributed by atoms with Gasteiger partial charge in [0.15, 0.2) is 5.69 Å². The van der Waals surface area contributed by atoms with Crippen molar-refractivity contribution in [3.63, 3.8) is 0 Å². The summed E-state index contributed by atoms with van der Waals surface area (Å²) < 4.78 is 21.2. The number of benzene rings is 1. The molecule has 36 heavy (non-hydrogen) atoms. The SMILES string of the molecule is Cc1ncc(NC(=O)c2cc(F)cc(N3CCCC3)c2)cc1-n1cc(C(=O)NCC2CCCO2)nn1. The number of anilines is 2. The van der Waals surface area contributed by atoms with Crippen LogP contribution in [0.2, 0.25) is 0 Å². The van der Waals surface area contributed by atoms with Crippen molar-refractivity contribution in [2.75, 3.05) is 36.5 Å². The summed E-state index contributed by atoms with van der Waals surface area (Å²) in [7, 11) is 0. The molecule has 11 heteroatoms. The second-order valence-electron chi connectivity index (χ2n) is 9.07. The summed E-state index contributed by atoms with van der Waals surface area (Å²) in [4.78, 5) is 31.8. The highest BCUT2D eigenvalue weighted by atomic mass is 19.1. The van der Waals surface area contributed by atoms with Crippen molar-refractivity contribution in [3.05, 3.63) is 59.4 Å². The molecule has 0 spiro atoms. The van der Waals surface area contributed by atoms with Gasteiger partial charge in [0.2, 0.25) is 0 Å². The van der Waals surface area contributed by atoms with Gasteiger partial charge in [-0.3, -0.25) is 14.6 Å². The number of hydrogen-bond donors (Lipinski definition) is 2. The molecule has 5 rings (SSSR count). The van der Waals surface area contributed by atoms with Gasteiger partial charge in [0, 0.05) is 37.5 Å². The van der Waals surface area contributed by atoms with E-state index in [0.29, 0.717) is 35.9 Å². The van der Waals surface area contributed by atoms with Crippen molar-refractivity contribution in [2.45, 2.75) is 38.7 Å². The fourth-order valence-electron chi connectivity index (χ4n) is 4.48. The molecule has 1 aromatic carbocycles. The number of hydrogen-bond acceptors (Lipinski definition) is 7. The van der Waals surface area contributed by atoms with Crippen molar-refractivity contribution in [2.24, 2.45) is 0 Å². The zero-order valence-corrected chi connectivity index (χ0v) is 20.0. The Bertz CT molecular complexity index is 1270. The molecule has 2 aliphatic heterocycles. The van der Waals surface area contributed by atoms with E-state index >= 15 is 0 Å². The quantitative estimate of drug-likeness (QED) is 0.520.